The van der Waals surface area contributed by atoms with Crippen molar-refractivity contribution < 1.29 is 13.2 Å². The second kappa shape index (κ2) is 5.74. The van der Waals surface area contributed by atoms with Crippen molar-refractivity contribution >= 4 is 10.0 Å². The highest BCUT2D eigenvalue weighted by Gasteiger charge is 2.33. The first-order chi connectivity index (χ1) is 10.5. The molecule has 5 heteroatoms. The van der Waals surface area contributed by atoms with Gasteiger partial charge in [0.1, 0.15) is 5.75 Å². The molecule has 1 atom stereocenters. The molecule has 4 nitrogen and oxygen atoms in total. The van der Waals surface area contributed by atoms with Crippen LogP contribution in [0.25, 0.3) is 0 Å². The maximum Gasteiger partial charge on any atom is 0.243 e. The van der Waals surface area contributed by atoms with E-state index in [-0.39, 0.29) is 6.04 Å². The van der Waals surface area contributed by atoms with Crippen LogP contribution >= 0.6 is 0 Å². The third kappa shape index (κ3) is 2.51. The number of hydrogen-bond donors (Lipinski definition) is 0. The third-order valence-corrected chi connectivity index (χ3v) is 6.16. The van der Waals surface area contributed by atoms with Crippen LogP contribution in [0.5, 0.6) is 5.75 Å². The third-order valence-electron chi connectivity index (χ3n) is 4.28. The second-order valence-corrected chi connectivity index (χ2v) is 7.45. The lowest BCUT2D eigenvalue weighted by Crippen LogP contribution is -2.30. The highest BCUT2D eigenvalue weighted by molar-refractivity contribution is 7.89. The Bertz CT molecular complexity index is 769. The van der Waals surface area contributed by atoms with Gasteiger partial charge in [-0.3, -0.25) is 0 Å². The smallest absolute Gasteiger partial charge is 0.243 e. The first-order valence-corrected chi connectivity index (χ1v) is 8.68. The van der Waals surface area contributed by atoms with Crippen molar-refractivity contribution in [2.24, 2.45) is 0 Å². The summed E-state index contributed by atoms with van der Waals surface area (Å²) in [6.45, 7) is 0. The Hall–Kier alpha value is -1.85. The molecule has 0 fully saturated rings. The number of rotatable bonds is 4. The quantitative estimate of drug-likeness (QED) is 0.871. The molecule has 116 valence electrons. The maximum atomic E-state index is 12.8. The van der Waals surface area contributed by atoms with Gasteiger partial charge in [-0.05, 0) is 48.2 Å². The first-order valence-electron chi connectivity index (χ1n) is 7.24. The van der Waals surface area contributed by atoms with Crippen LogP contribution in [0.2, 0.25) is 0 Å². The van der Waals surface area contributed by atoms with Crippen LogP contribution in [-0.2, 0) is 16.4 Å². The first kappa shape index (κ1) is 15.1. The molecule has 0 spiro atoms. The second-order valence-electron chi connectivity index (χ2n) is 5.45. The van der Waals surface area contributed by atoms with Crippen LogP contribution in [0.4, 0.5) is 0 Å². The van der Waals surface area contributed by atoms with Crippen LogP contribution in [0.15, 0.2) is 53.4 Å². The number of sulfonamides is 1. The minimum absolute atomic E-state index is 0.0942. The number of ether oxygens (including phenoxy) is 1. The van der Waals surface area contributed by atoms with Crippen molar-refractivity contribution in [3.05, 3.63) is 59.7 Å². The molecule has 0 aliphatic heterocycles. The molecule has 0 bridgehead atoms. The van der Waals surface area contributed by atoms with Gasteiger partial charge in [-0.15, -0.1) is 0 Å². The molecule has 1 aliphatic carbocycles. The van der Waals surface area contributed by atoms with Crippen molar-refractivity contribution in [1.29, 1.82) is 0 Å². The minimum Gasteiger partial charge on any atom is -0.497 e. The van der Waals surface area contributed by atoms with E-state index >= 15 is 0 Å². The largest absolute Gasteiger partial charge is 0.497 e. The molecule has 0 amide bonds. The van der Waals surface area contributed by atoms with E-state index in [2.05, 4.69) is 6.07 Å². The van der Waals surface area contributed by atoms with E-state index in [0.29, 0.717) is 10.6 Å². The highest BCUT2D eigenvalue weighted by Crippen LogP contribution is 2.37. The lowest BCUT2D eigenvalue weighted by molar-refractivity contribution is 0.374. The summed E-state index contributed by atoms with van der Waals surface area (Å²) in [4.78, 5) is 0.292. The molecule has 0 radical (unpaired) electrons. The summed E-state index contributed by atoms with van der Waals surface area (Å²) in [6, 6.07) is 14.5. The van der Waals surface area contributed by atoms with E-state index in [0.717, 1.165) is 18.4 Å². The lowest BCUT2D eigenvalue weighted by atomic mass is 10.1. The van der Waals surface area contributed by atoms with Crippen molar-refractivity contribution in [3.8, 4) is 5.75 Å². The topological polar surface area (TPSA) is 46.6 Å². The molecule has 0 saturated heterocycles. The zero-order chi connectivity index (χ0) is 15.7. The molecule has 2 aromatic rings. The van der Waals surface area contributed by atoms with E-state index in [1.165, 1.54) is 9.87 Å². The van der Waals surface area contributed by atoms with E-state index in [1.54, 1.807) is 38.4 Å². The van der Waals surface area contributed by atoms with Crippen molar-refractivity contribution in [2.75, 3.05) is 14.2 Å². The molecular weight excluding hydrogens is 298 g/mol. The Labute approximate surface area is 131 Å². The predicted molar refractivity (Wildman–Crippen MR) is 85.4 cm³/mol. The van der Waals surface area contributed by atoms with Crippen LogP contribution in [-0.4, -0.2) is 26.9 Å². The molecule has 22 heavy (non-hydrogen) atoms. The molecule has 0 N–H and O–H groups in total. The zero-order valence-electron chi connectivity index (χ0n) is 12.7. The molecule has 0 saturated carbocycles. The van der Waals surface area contributed by atoms with Gasteiger partial charge >= 0.3 is 0 Å². The van der Waals surface area contributed by atoms with Gasteiger partial charge in [0.25, 0.3) is 0 Å². The fourth-order valence-corrected chi connectivity index (χ4v) is 4.36. The van der Waals surface area contributed by atoms with Crippen molar-refractivity contribution in [1.82, 2.24) is 4.31 Å². The van der Waals surface area contributed by atoms with Gasteiger partial charge in [-0.25, -0.2) is 8.42 Å². The summed E-state index contributed by atoms with van der Waals surface area (Å²) in [6.07, 6.45) is 1.74. The van der Waals surface area contributed by atoms with Crippen molar-refractivity contribution in [3.63, 3.8) is 0 Å². The van der Waals surface area contributed by atoms with Gasteiger partial charge in [0, 0.05) is 7.05 Å². The van der Waals surface area contributed by atoms with Gasteiger partial charge in [-0.2, -0.15) is 4.31 Å². The lowest BCUT2D eigenvalue weighted by Gasteiger charge is -2.25. The molecule has 3 rings (SSSR count). The Morgan fingerprint density at radius 2 is 1.77 bits per heavy atom. The van der Waals surface area contributed by atoms with Gasteiger partial charge in [0.15, 0.2) is 0 Å². The molecule has 1 aliphatic rings. The summed E-state index contributed by atoms with van der Waals surface area (Å²) < 4.78 is 32.2. The monoisotopic (exact) mass is 317 g/mol. The Balaban J connectivity index is 1.92. The van der Waals surface area contributed by atoms with Gasteiger partial charge in [0.2, 0.25) is 10.0 Å². The van der Waals surface area contributed by atoms with E-state index in [1.807, 2.05) is 18.2 Å². The molecular formula is C17H19NO3S. The zero-order valence-corrected chi connectivity index (χ0v) is 13.5. The number of aryl methyl sites for hydroxylation is 1. The Morgan fingerprint density at radius 1 is 1.09 bits per heavy atom. The van der Waals surface area contributed by atoms with E-state index in [9.17, 15) is 8.42 Å². The van der Waals surface area contributed by atoms with Crippen molar-refractivity contribution in [2.45, 2.75) is 23.8 Å². The molecule has 2 aromatic carbocycles. The van der Waals surface area contributed by atoms with Gasteiger partial charge < -0.3 is 4.74 Å². The maximum absolute atomic E-state index is 12.8. The number of hydrogen-bond acceptors (Lipinski definition) is 3. The summed E-state index contributed by atoms with van der Waals surface area (Å²) in [5.74, 6) is 0.646. The average Bonchev–Trinajstić information content (AvgIpc) is 2.98. The fraction of sp³-hybridized carbons (Fsp3) is 0.294. The number of methoxy groups -OCH3 is 1. The fourth-order valence-electron chi connectivity index (χ4n) is 2.99. The number of nitrogens with zero attached hydrogens (tertiary/aromatic N) is 1. The SMILES string of the molecule is COc1ccc(S(=O)(=O)N(C)[C@@H]2CCc3ccccc32)cc1. The van der Waals surface area contributed by atoms with Gasteiger partial charge in [-0.1, -0.05) is 24.3 Å². The Morgan fingerprint density at radius 3 is 2.45 bits per heavy atom. The predicted octanol–water partition coefficient (Wildman–Crippen LogP) is 3.00. The summed E-state index contributed by atoms with van der Waals surface area (Å²) in [5, 5.41) is 0. The van der Waals surface area contributed by atoms with Crippen LogP contribution in [0.1, 0.15) is 23.6 Å². The Kier molecular flexibility index (Phi) is 3.93. The highest BCUT2D eigenvalue weighted by atomic mass is 32.2. The molecule has 0 unspecified atom stereocenters. The van der Waals surface area contributed by atoms with Crippen LogP contribution < -0.4 is 4.74 Å². The standard InChI is InChI=1S/C17H19NO3S/c1-18(17-12-7-13-5-3-4-6-16(13)17)22(19,20)15-10-8-14(21-2)9-11-15/h3-6,8-11,17H,7,12H2,1-2H3/t17-/m1/s1. The normalized spacial score (nSPS) is 17.5. The van der Waals surface area contributed by atoms with Gasteiger partial charge in [0.05, 0.1) is 18.0 Å². The number of fused-ring (bicyclic) bond motifs is 1. The minimum atomic E-state index is -3.51. The van der Waals surface area contributed by atoms with Crippen LogP contribution in [0, 0.1) is 0 Å². The van der Waals surface area contributed by atoms with E-state index < -0.39 is 10.0 Å². The molecule has 0 aromatic heterocycles. The number of benzene rings is 2. The van der Waals surface area contributed by atoms with Crippen LogP contribution in [0.3, 0.4) is 0 Å². The summed E-state index contributed by atoms with van der Waals surface area (Å²) in [5.41, 5.74) is 2.35. The average molecular weight is 317 g/mol. The summed E-state index contributed by atoms with van der Waals surface area (Å²) >= 11 is 0. The van der Waals surface area contributed by atoms with E-state index in [4.69, 9.17) is 4.74 Å². The molecule has 0 heterocycles. The summed E-state index contributed by atoms with van der Waals surface area (Å²) in [7, 11) is -0.293.